The largest absolute Gasteiger partial charge is 0.491 e. The van der Waals surface area contributed by atoms with Crippen molar-refractivity contribution in [1.82, 2.24) is 24.6 Å². The number of aryl methyl sites for hydroxylation is 2. The number of hydrogen-bond acceptors (Lipinski definition) is 9. The van der Waals surface area contributed by atoms with Crippen molar-refractivity contribution < 1.29 is 33.4 Å². The lowest BCUT2D eigenvalue weighted by atomic mass is 10.1. The second-order valence-electron chi connectivity index (χ2n) is 10.6. The fourth-order valence-electron chi connectivity index (χ4n) is 4.11. The van der Waals surface area contributed by atoms with Gasteiger partial charge in [-0.25, -0.2) is 9.78 Å². The lowest BCUT2D eigenvalue weighted by Gasteiger charge is -2.19. The molecule has 0 aliphatic carbocycles. The second-order valence-corrected chi connectivity index (χ2v) is 10.6. The normalized spacial score (nSPS) is 11.5. The maximum Gasteiger partial charge on any atom is 0.407 e. The van der Waals surface area contributed by atoms with Crippen LogP contribution in [0.15, 0.2) is 30.4 Å². The summed E-state index contributed by atoms with van der Waals surface area (Å²) in [7, 11) is 1.31. The summed E-state index contributed by atoms with van der Waals surface area (Å²) in [6.45, 7) is 10.0. The summed E-state index contributed by atoms with van der Waals surface area (Å²) < 4.78 is 19.2. The molecule has 0 aliphatic rings. The van der Waals surface area contributed by atoms with Crippen LogP contribution in [0.4, 0.5) is 10.7 Å². The van der Waals surface area contributed by atoms with Gasteiger partial charge in [0, 0.05) is 31.6 Å². The Labute approximate surface area is 249 Å². The highest BCUT2D eigenvalue weighted by Crippen LogP contribution is 2.31. The van der Waals surface area contributed by atoms with Crippen LogP contribution in [0, 0.1) is 6.92 Å². The third-order valence-electron chi connectivity index (χ3n) is 5.98. The number of methoxy groups -OCH3 is 1. The molecule has 2 heterocycles. The summed E-state index contributed by atoms with van der Waals surface area (Å²) in [5.41, 5.74) is 7.00. The lowest BCUT2D eigenvalue weighted by molar-refractivity contribution is -0.140. The average molecular weight is 598 g/mol. The number of ether oxygens (including phenoxy) is 3. The number of amides is 3. The number of rotatable bonds is 13. The van der Waals surface area contributed by atoms with Crippen LogP contribution in [-0.2, 0) is 27.4 Å². The molecule has 14 nitrogen and oxygen atoms in total. The minimum Gasteiger partial charge on any atom is -0.491 e. The first-order valence-corrected chi connectivity index (χ1v) is 13.8. The van der Waals surface area contributed by atoms with E-state index in [9.17, 15) is 19.2 Å². The molecule has 3 rings (SSSR count). The van der Waals surface area contributed by atoms with Crippen LogP contribution < -0.4 is 21.1 Å². The van der Waals surface area contributed by atoms with Gasteiger partial charge in [-0.2, -0.15) is 5.10 Å². The van der Waals surface area contributed by atoms with Crippen LogP contribution in [0.5, 0.6) is 5.75 Å². The van der Waals surface area contributed by atoms with Crippen LogP contribution in [-0.4, -0.2) is 69.1 Å². The zero-order chi connectivity index (χ0) is 31.7. The minimum atomic E-state index is -0.683. The number of carbonyl (C=O) groups is 4. The fourth-order valence-corrected chi connectivity index (χ4v) is 4.11. The fraction of sp³-hybridized carbons (Fsp3) is 0.448. The van der Waals surface area contributed by atoms with Crippen LogP contribution >= 0.6 is 0 Å². The van der Waals surface area contributed by atoms with Crippen molar-refractivity contribution in [2.24, 2.45) is 5.73 Å². The molecule has 3 aromatic rings. The zero-order valence-corrected chi connectivity index (χ0v) is 25.4. The quantitative estimate of drug-likeness (QED) is 0.151. The standard InChI is InChI=1S/C29H39N7O7/c1-7-36-21(15-18(2)34-36)26(39)33-27-32-20-16-19(25(30)38)17-22(42-14-10-11-23(37)41-6)24(20)35(27)13-9-8-12-31-28(40)43-29(3,4)5/h8-9,15-17H,7,10-14H2,1-6H3,(H2,30,38)(H,31,40)(H,32,33,39)/b9-8+. The van der Waals surface area contributed by atoms with E-state index in [1.807, 2.05) is 6.92 Å². The molecule has 3 amide bonds. The second kappa shape index (κ2) is 14.3. The minimum absolute atomic E-state index is 0.143. The van der Waals surface area contributed by atoms with Crippen molar-refractivity contribution in [2.45, 2.75) is 66.2 Å². The molecular weight excluding hydrogens is 558 g/mol. The molecule has 0 saturated carbocycles. The molecule has 14 heteroatoms. The number of benzene rings is 1. The Hall–Kier alpha value is -4.88. The molecule has 0 spiro atoms. The predicted molar refractivity (Wildman–Crippen MR) is 159 cm³/mol. The summed E-state index contributed by atoms with van der Waals surface area (Å²) in [6.07, 6.45) is 3.46. The highest BCUT2D eigenvalue weighted by Gasteiger charge is 2.22. The Bertz CT molecular complexity index is 1520. The van der Waals surface area contributed by atoms with Crippen molar-refractivity contribution in [3.8, 4) is 5.75 Å². The number of nitrogens with two attached hydrogens (primary N) is 1. The van der Waals surface area contributed by atoms with Crippen LogP contribution in [0.2, 0.25) is 0 Å². The van der Waals surface area contributed by atoms with E-state index in [0.717, 1.165) is 0 Å². The molecule has 0 bridgehead atoms. The summed E-state index contributed by atoms with van der Waals surface area (Å²) in [5, 5.41) is 9.84. The van der Waals surface area contributed by atoms with E-state index in [-0.39, 0.29) is 43.6 Å². The van der Waals surface area contributed by atoms with E-state index in [1.54, 1.807) is 55.2 Å². The summed E-state index contributed by atoms with van der Waals surface area (Å²) in [6, 6.07) is 4.68. The number of nitrogens with one attached hydrogen (secondary N) is 2. The number of aromatic nitrogens is 4. The van der Waals surface area contributed by atoms with Gasteiger partial charge in [0.1, 0.15) is 22.6 Å². The van der Waals surface area contributed by atoms with E-state index in [1.165, 1.54) is 19.2 Å². The number of anilines is 1. The molecule has 4 N–H and O–H groups in total. The SMILES string of the molecule is CCn1nc(C)cc1C(=O)Nc1nc2cc(C(N)=O)cc(OCCCC(=O)OC)c2n1C/C=C/CNC(=O)OC(C)(C)C. The van der Waals surface area contributed by atoms with E-state index in [2.05, 4.69) is 25.5 Å². The third-order valence-corrected chi connectivity index (χ3v) is 5.98. The maximum absolute atomic E-state index is 13.3. The van der Waals surface area contributed by atoms with Crippen LogP contribution in [0.25, 0.3) is 11.0 Å². The average Bonchev–Trinajstić information content (AvgIpc) is 3.48. The van der Waals surface area contributed by atoms with E-state index >= 15 is 0 Å². The van der Waals surface area contributed by atoms with E-state index in [0.29, 0.717) is 41.1 Å². The summed E-state index contributed by atoms with van der Waals surface area (Å²) in [4.78, 5) is 53.5. The van der Waals surface area contributed by atoms with Crippen molar-refractivity contribution >= 4 is 40.9 Å². The molecule has 0 unspecified atom stereocenters. The lowest BCUT2D eigenvalue weighted by Crippen LogP contribution is -2.32. The highest BCUT2D eigenvalue weighted by molar-refractivity contribution is 6.04. The number of allylic oxidation sites excluding steroid dienone is 1. The maximum atomic E-state index is 13.3. The Morgan fingerprint density at radius 1 is 1.12 bits per heavy atom. The number of esters is 1. The van der Waals surface area contributed by atoms with Crippen molar-refractivity contribution in [3.63, 3.8) is 0 Å². The van der Waals surface area contributed by atoms with Crippen molar-refractivity contribution in [1.29, 1.82) is 0 Å². The van der Waals surface area contributed by atoms with E-state index in [4.69, 9.17) is 15.2 Å². The number of alkyl carbamates (subject to hydrolysis) is 1. The number of nitrogens with zero attached hydrogens (tertiary/aromatic N) is 4. The molecule has 0 aliphatic heterocycles. The number of carbonyl (C=O) groups excluding carboxylic acids is 4. The van der Waals surface area contributed by atoms with Gasteiger partial charge in [-0.1, -0.05) is 12.2 Å². The summed E-state index contributed by atoms with van der Waals surface area (Å²) >= 11 is 0. The van der Waals surface area contributed by atoms with Gasteiger partial charge in [0.25, 0.3) is 5.91 Å². The van der Waals surface area contributed by atoms with Gasteiger partial charge in [-0.05, 0) is 59.2 Å². The molecule has 1 aromatic carbocycles. The topological polar surface area (TPSA) is 182 Å². The van der Waals surface area contributed by atoms with Gasteiger partial charge in [-0.3, -0.25) is 24.4 Å². The third kappa shape index (κ3) is 9.05. The van der Waals surface area contributed by atoms with Gasteiger partial charge in [-0.15, -0.1) is 0 Å². The Balaban J connectivity index is 1.97. The van der Waals surface area contributed by atoms with Gasteiger partial charge in [0.05, 0.1) is 24.9 Å². The van der Waals surface area contributed by atoms with Gasteiger partial charge < -0.3 is 29.8 Å². The number of hydrogen-bond donors (Lipinski definition) is 3. The number of imidazole rings is 1. The Morgan fingerprint density at radius 2 is 1.86 bits per heavy atom. The van der Waals surface area contributed by atoms with Gasteiger partial charge in [0.2, 0.25) is 11.9 Å². The first kappa shape index (κ1) is 32.6. The molecule has 0 radical (unpaired) electrons. The Morgan fingerprint density at radius 3 is 2.51 bits per heavy atom. The first-order valence-electron chi connectivity index (χ1n) is 13.8. The monoisotopic (exact) mass is 597 g/mol. The van der Waals surface area contributed by atoms with Crippen LogP contribution in [0.3, 0.4) is 0 Å². The Kier molecular flexibility index (Phi) is 10.9. The van der Waals surface area contributed by atoms with E-state index < -0.39 is 23.5 Å². The molecule has 2 aromatic heterocycles. The first-order chi connectivity index (χ1) is 20.3. The number of fused-ring (bicyclic) bond motifs is 1. The van der Waals surface area contributed by atoms with Crippen LogP contribution in [0.1, 0.15) is 67.1 Å². The number of primary amides is 1. The summed E-state index contributed by atoms with van der Waals surface area (Å²) in [5.74, 6) is -1.00. The highest BCUT2D eigenvalue weighted by atomic mass is 16.6. The molecule has 0 atom stereocenters. The zero-order valence-electron chi connectivity index (χ0n) is 25.4. The predicted octanol–water partition coefficient (Wildman–Crippen LogP) is 3.33. The molecule has 232 valence electrons. The van der Waals surface area contributed by atoms with Gasteiger partial charge >= 0.3 is 12.1 Å². The van der Waals surface area contributed by atoms with Crippen molar-refractivity contribution in [3.05, 3.63) is 47.3 Å². The van der Waals surface area contributed by atoms with Gasteiger partial charge in [0.15, 0.2) is 0 Å². The smallest absolute Gasteiger partial charge is 0.407 e. The molecule has 0 saturated heterocycles. The molecular formula is C29H39N7O7. The molecule has 43 heavy (non-hydrogen) atoms. The molecule has 0 fully saturated rings. The van der Waals surface area contributed by atoms with Crippen molar-refractivity contribution in [2.75, 3.05) is 25.6 Å².